The molecule has 6 nitrogen and oxygen atoms in total. The summed E-state index contributed by atoms with van der Waals surface area (Å²) in [5.74, 6) is 0.305. The highest BCUT2D eigenvalue weighted by Gasteiger charge is 2.39. The maximum atomic E-state index is 12.8. The standard InChI is InChI=1S/C23H27N3O3/c1-2-29-20-12-10-19(11-13-20)26-22(27)16-21(23(26)28)24-17-6-8-18(9-7-17)25-14-4-3-5-15-25/h6-13,21,24H,2-5,14-16H2,1H3/t21-/m1/s1. The number of carbonyl (C=O) groups is 2. The number of benzene rings is 2. The van der Waals surface area contributed by atoms with Crippen molar-refractivity contribution in [2.24, 2.45) is 0 Å². The lowest BCUT2D eigenvalue weighted by Gasteiger charge is -2.29. The smallest absolute Gasteiger partial charge is 0.256 e. The topological polar surface area (TPSA) is 61.9 Å². The van der Waals surface area contributed by atoms with Gasteiger partial charge in [0.05, 0.1) is 18.7 Å². The SMILES string of the molecule is CCOc1ccc(N2C(=O)C[C@@H](Nc3ccc(N4CCCCC4)cc3)C2=O)cc1. The summed E-state index contributed by atoms with van der Waals surface area (Å²) in [6, 6.07) is 14.6. The molecule has 0 spiro atoms. The highest BCUT2D eigenvalue weighted by molar-refractivity contribution is 6.23. The Morgan fingerprint density at radius 1 is 0.931 bits per heavy atom. The third-order valence-corrected chi connectivity index (χ3v) is 5.48. The first-order chi connectivity index (χ1) is 14.2. The first-order valence-electron chi connectivity index (χ1n) is 10.4. The minimum atomic E-state index is -0.546. The molecule has 1 atom stereocenters. The maximum absolute atomic E-state index is 12.8. The molecule has 0 radical (unpaired) electrons. The molecule has 152 valence electrons. The van der Waals surface area contributed by atoms with E-state index in [9.17, 15) is 9.59 Å². The zero-order valence-electron chi connectivity index (χ0n) is 16.8. The van der Waals surface area contributed by atoms with Gasteiger partial charge < -0.3 is 15.0 Å². The van der Waals surface area contributed by atoms with Crippen molar-refractivity contribution < 1.29 is 14.3 Å². The van der Waals surface area contributed by atoms with E-state index in [-0.39, 0.29) is 18.2 Å². The molecule has 0 unspecified atom stereocenters. The third-order valence-electron chi connectivity index (χ3n) is 5.48. The molecule has 0 aliphatic carbocycles. The summed E-state index contributed by atoms with van der Waals surface area (Å²) in [5, 5.41) is 3.23. The number of carbonyl (C=O) groups excluding carboxylic acids is 2. The third kappa shape index (κ3) is 4.21. The average molecular weight is 393 g/mol. The Hall–Kier alpha value is -3.02. The van der Waals surface area contributed by atoms with Crippen LogP contribution in [0.2, 0.25) is 0 Å². The lowest BCUT2D eigenvalue weighted by Crippen LogP contribution is -2.34. The fourth-order valence-electron chi connectivity index (χ4n) is 4.00. The molecule has 2 aliphatic heterocycles. The van der Waals surface area contributed by atoms with Gasteiger partial charge in [-0.05, 0) is 74.7 Å². The van der Waals surface area contributed by atoms with Gasteiger partial charge >= 0.3 is 0 Å². The van der Waals surface area contributed by atoms with Crippen LogP contribution in [-0.4, -0.2) is 37.6 Å². The minimum Gasteiger partial charge on any atom is -0.494 e. The van der Waals surface area contributed by atoms with Crippen LogP contribution in [0, 0.1) is 0 Å². The number of hydrogen-bond donors (Lipinski definition) is 1. The second-order valence-electron chi connectivity index (χ2n) is 7.49. The Morgan fingerprint density at radius 3 is 2.24 bits per heavy atom. The van der Waals surface area contributed by atoms with Crippen LogP contribution in [0.5, 0.6) is 5.75 Å². The summed E-state index contributed by atoms with van der Waals surface area (Å²) < 4.78 is 5.43. The van der Waals surface area contributed by atoms with Crippen molar-refractivity contribution in [3.8, 4) is 5.75 Å². The number of ether oxygens (including phenoxy) is 1. The van der Waals surface area contributed by atoms with E-state index in [2.05, 4.69) is 22.3 Å². The van der Waals surface area contributed by atoms with Gasteiger partial charge in [0.15, 0.2) is 0 Å². The molecule has 2 saturated heterocycles. The van der Waals surface area contributed by atoms with Crippen molar-refractivity contribution in [1.82, 2.24) is 0 Å². The van der Waals surface area contributed by atoms with Crippen LogP contribution in [0.4, 0.5) is 17.1 Å². The van der Waals surface area contributed by atoms with Gasteiger partial charge in [0.25, 0.3) is 5.91 Å². The summed E-state index contributed by atoms with van der Waals surface area (Å²) in [4.78, 5) is 29.0. The molecule has 2 aromatic rings. The Balaban J connectivity index is 1.42. The lowest BCUT2D eigenvalue weighted by atomic mass is 10.1. The molecule has 0 aromatic heterocycles. The van der Waals surface area contributed by atoms with E-state index < -0.39 is 6.04 Å². The van der Waals surface area contributed by atoms with Crippen molar-refractivity contribution in [1.29, 1.82) is 0 Å². The van der Waals surface area contributed by atoms with E-state index in [0.29, 0.717) is 12.3 Å². The largest absolute Gasteiger partial charge is 0.494 e. The van der Waals surface area contributed by atoms with E-state index in [4.69, 9.17) is 4.74 Å². The number of rotatable bonds is 6. The number of hydrogen-bond acceptors (Lipinski definition) is 5. The van der Waals surface area contributed by atoms with E-state index in [1.165, 1.54) is 29.8 Å². The van der Waals surface area contributed by atoms with E-state index >= 15 is 0 Å². The first kappa shape index (κ1) is 19.3. The van der Waals surface area contributed by atoms with Crippen LogP contribution in [-0.2, 0) is 9.59 Å². The number of anilines is 3. The van der Waals surface area contributed by atoms with Crippen molar-refractivity contribution in [3.05, 3.63) is 48.5 Å². The predicted octanol–water partition coefficient (Wildman–Crippen LogP) is 3.82. The number of amides is 2. The Bertz CT molecular complexity index is 858. The second kappa shape index (κ2) is 8.55. The molecule has 4 rings (SSSR count). The molecular formula is C23H27N3O3. The van der Waals surface area contributed by atoms with Gasteiger partial charge in [-0.2, -0.15) is 0 Å². The predicted molar refractivity (Wildman–Crippen MR) is 115 cm³/mol. The molecular weight excluding hydrogens is 366 g/mol. The minimum absolute atomic E-state index is 0.153. The van der Waals surface area contributed by atoms with Gasteiger partial charge in [-0.1, -0.05) is 0 Å². The number of nitrogens with zero attached hydrogens (tertiary/aromatic N) is 2. The zero-order chi connectivity index (χ0) is 20.2. The van der Waals surface area contributed by atoms with E-state index in [0.717, 1.165) is 24.5 Å². The van der Waals surface area contributed by atoms with E-state index in [1.54, 1.807) is 24.3 Å². The molecule has 6 heteroatoms. The van der Waals surface area contributed by atoms with Crippen LogP contribution < -0.4 is 19.9 Å². The summed E-state index contributed by atoms with van der Waals surface area (Å²) >= 11 is 0. The van der Waals surface area contributed by atoms with Crippen molar-refractivity contribution in [3.63, 3.8) is 0 Å². The molecule has 2 fully saturated rings. The van der Waals surface area contributed by atoms with Gasteiger partial charge in [-0.3, -0.25) is 9.59 Å². The van der Waals surface area contributed by atoms with Gasteiger partial charge in [0.1, 0.15) is 11.8 Å². The monoisotopic (exact) mass is 393 g/mol. The van der Waals surface area contributed by atoms with E-state index in [1.807, 2.05) is 19.1 Å². The molecule has 2 amide bonds. The lowest BCUT2D eigenvalue weighted by molar-refractivity contribution is -0.121. The Labute approximate surface area is 171 Å². The normalized spacial score (nSPS) is 19.6. The Kier molecular flexibility index (Phi) is 5.69. The maximum Gasteiger partial charge on any atom is 0.256 e. The van der Waals surface area contributed by atoms with Crippen molar-refractivity contribution in [2.45, 2.75) is 38.6 Å². The highest BCUT2D eigenvalue weighted by atomic mass is 16.5. The molecule has 2 aliphatic rings. The number of imide groups is 1. The quantitative estimate of drug-likeness (QED) is 0.756. The highest BCUT2D eigenvalue weighted by Crippen LogP contribution is 2.28. The van der Waals surface area contributed by atoms with Crippen LogP contribution in [0.3, 0.4) is 0 Å². The van der Waals surface area contributed by atoms with Crippen LogP contribution >= 0.6 is 0 Å². The fraction of sp³-hybridized carbons (Fsp3) is 0.391. The number of piperidine rings is 1. The van der Waals surface area contributed by atoms with Crippen LogP contribution in [0.25, 0.3) is 0 Å². The summed E-state index contributed by atoms with van der Waals surface area (Å²) in [6.45, 7) is 4.68. The average Bonchev–Trinajstić information content (AvgIpc) is 3.03. The molecule has 2 heterocycles. The summed E-state index contributed by atoms with van der Waals surface area (Å²) in [7, 11) is 0. The fourth-order valence-corrected chi connectivity index (χ4v) is 4.00. The molecule has 0 saturated carbocycles. The van der Waals surface area contributed by atoms with Gasteiger partial charge in [0.2, 0.25) is 5.91 Å². The van der Waals surface area contributed by atoms with Crippen LogP contribution in [0.1, 0.15) is 32.6 Å². The molecule has 0 bridgehead atoms. The summed E-state index contributed by atoms with van der Waals surface area (Å²) in [5.41, 5.74) is 2.64. The number of nitrogens with one attached hydrogen (secondary N) is 1. The molecule has 2 aromatic carbocycles. The second-order valence-corrected chi connectivity index (χ2v) is 7.49. The van der Waals surface area contributed by atoms with Gasteiger partial charge in [-0.25, -0.2) is 4.90 Å². The van der Waals surface area contributed by atoms with Crippen LogP contribution in [0.15, 0.2) is 48.5 Å². The molecule has 1 N–H and O–H groups in total. The first-order valence-corrected chi connectivity index (χ1v) is 10.4. The van der Waals surface area contributed by atoms with Crippen molar-refractivity contribution >= 4 is 28.9 Å². The van der Waals surface area contributed by atoms with Gasteiger partial charge in [0, 0.05) is 24.5 Å². The Morgan fingerprint density at radius 2 is 1.59 bits per heavy atom. The molecule has 29 heavy (non-hydrogen) atoms. The van der Waals surface area contributed by atoms with Gasteiger partial charge in [-0.15, -0.1) is 0 Å². The van der Waals surface area contributed by atoms with Crippen molar-refractivity contribution in [2.75, 3.05) is 34.8 Å². The summed E-state index contributed by atoms with van der Waals surface area (Å²) in [6.07, 6.45) is 3.93. The zero-order valence-corrected chi connectivity index (χ0v) is 16.8.